The molecule has 2 aromatic rings. The van der Waals surface area contributed by atoms with E-state index in [1.807, 2.05) is 6.07 Å². The SMILES string of the molecule is CC(C)CCC(C)Nc1nc2ccccc2n1C. The van der Waals surface area contributed by atoms with Gasteiger partial charge in [-0.25, -0.2) is 4.98 Å². The highest BCUT2D eigenvalue weighted by Crippen LogP contribution is 2.19. The molecule has 0 fully saturated rings. The predicted octanol–water partition coefficient (Wildman–Crippen LogP) is 3.81. The maximum absolute atomic E-state index is 4.63. The number of imidazole rings is 1. The van der Waals surface area contributed by atoms with Crippen molar-refractivity contribution in [2.75, 3.05) is 5.32 Å². The van der Waals surface area contributed by atoms with Crippen molar-refractivity contribution in [1.82, 2.24) is 9.55 Å². The first-order chi connectivity index (χ1) is 8.58. The zero-order valence-electron chi connectivity index (χ0n) is 11.8. The number of aromatic nitrogens is 2. The first-order valence-corrected chi connectivity index (χ1v) is 6.76. The second-order valence-electron chi connectivity index (χ2n) is 5.50. The van der Waals surface area contributed by atoms with E-state index >= 15 is 0 Å². The number of benzene rings is 1. The minimum Gasteiger partial charge on any atom is -0.353 e. The maximum atomic E-state index is 4.63. The Morgan fingerprint density at radius 2 is 1.89 bits per heavy atom. The molecule has 0 spiro atoms. The number of rotatable bonds is 5. The van der Waals surface area contributed by atoms with E-state index < -0.39 is 0 Å². The second-order valence-corrected chi connectivity index (χ2v) is 5.50. The highest BCUT2D eigenvalue weighted by atomic mass is 15.2. The van der Waals surface area contributed by atoms with Gasteiger partial charge in [0.25, 0.3) is 0 Å². The van der Waals surface area contributed by atoms with Gasteiger partial charge in [-0.15, -0.1) is 0 Å². The summed E-state index contributed by atoms with van der Waals surface area (Å²) in [4.78, 5) is 4.63. The van der Waals surface area contributed by atoms with Crippen LogP contribution in [-0.2, 0) is 7.05 Å². The van der Waals surface area contributed by atoms with Crippen LogP contribution in [-0.4, -0.2) is 15.6 Å². The summed E-state index contributed by atoms with van der Waals surface area (Å²) in [6.45, 7) is 6.76. The maximum Gasteiger partial charge on any atom is 0.203 e. The van der Waals surface area contributed by atoms with Gasteiger partial charge in [0.2, 0.25) is 5.95 Å². The second kappa shape index (κ2) is 5.42. The van der Waals surface area contributed by atoms with E-state index in [-0.39, 0.29) is 0 Å². The van der Waals surface area contributed by atoms with Crippen LogP contribution in [0, 0.1) is 5.92 Å². The zero-order valence-corrected chi connectivity index (χ0v) is 11.8. The van der Waals surface area contributed by atoms with Gasteiger partial charge in [0.05, 0.1) is 11.0 Å². The molecule has 1 unspecified atom stereocenters. The summed E-state index contributed by atoms with van der Waals surface area (Å²) in [7, 11) is 2.06. The first-order valence-electron chi connectivity index (χ1n) is 6.76. The molecule has 3 heteroatoms. The van der Waals surface area contributed by atoms with Crippen molar-refractivity contribution in [2.45, 2.75) is 39.7 Å². The third kappa shape index (κ3) is 2.84. The molecular formula is C15H23N3. The highest BCUT2D eigenvalue weighted by molar-refractivity contribution is 5.78. The molecule has 0 amide bonds. The van der Waals surface area contributed by atoms with Crippen LogP contribution in [0.15, 0.2) is 24.3 Å². The molecule has 0 bridgehead atoms. The Morgan fingerprint density at radius 1 is 1.17 bits per heavy atom. The van der Waals surface area contributed by atoms with Gasteiger partial charge in [-0.1, -0.05) is 26.0 Å². The Hall–Kier alpha value is -1.51. The Bertz CT molecular complexity index is 513. The molecule has 0 aliphatic heterocycles. The van der Waals surface area contributed by atoms with Crippen LogP contribution < -0.4 is 5.32 Å². The minimum absolute atomic E-state index is 0.461. The fourth-order valence-corrected chi connectivity index (χ4v) is 2.15. The Kier molecular flexibility index (Phi) is 3.90. The summed E-state index contributed by atoms with van der Waals surface area (Å²) < 4.78 is 2.13. The standard InChI is InChI=1S/C15H23N3/c1-11(2)9-10-12(3)16-15-17-13-7-5-6-8-14(13)18(15)4/h5-8,11-12H,9-10H2,1-4H3,(H,16,17). The van der Waals surface area contributed by atoms with Crippen LogP contribution >= 0.6 is 0 Å². The summed E-state index contributed by atoms with van der Waals surface area (Å²) in [6, 6.07) is 8.70. The number of para-hydroxylation sites is 2. The van der Waals surface area contributed by atoms with Gasteiger partial charge in [-0.2, -0.15) is 0 Å². The molecule has 0 saturated heterocycles. The van der Waals surface area contributed by atoms with Gasteiger partial charge in [0.1, 0.15) is 0 Å². The fourth-order valence-electron chi connectivity index (χ4n) is 2.15. The first kappa shape index (κ1) is 12.9. The number of hydrogen-bond acceptors (Lipinski definition) is 2. The van der Waals surface area contributed by atoms with Crippen molar-refractivity contribution in [1.29, 1.82) is 0 Å². The average Bonchev–Trinajstić information content (AvgIpc) is 2.65. The van der Waals surface area contributed by atoms with Crippen molar-refractivity contribution >= 4 is 17.0 Å². The van der Waals surface area contributed by atoms with Crippen LogP contribution in [0.3, 0.4) is 0 Å². The van der Waals surface area contributed by atoms with Crippen molar-refractivity contribution in [2.24, 2.45) is 13.0 Å². The van der Waals surface area contributed by atoms with Crippen LogP contribution in [0.5, 0.6) is 0 Å². The topological polar surface area (TPSA) is 29.9 Å². The number of hydrogen-bond donors (Lipinski definition) is 1. The monoisotopic (exact) mass is 245 g/mol. The highest BCUT2D eigenvalue weighted by Gasteiger charge is 2.10. The van der Waals surface area contributed by atoms with E-state index in [9.17, 15) is 0 Å². The number of nitrogens with zero attached hydrogens (tertiary/aromatic N) is 2. The van der Waals surface area contributed by atoms with E-state index in [1.165, 1.54) is 18.4 Å². The summed E-state index contributed by atoms with van der Waals surface area (Å²) in [5.41, 5.74) is 2.23. The lowest BCUT2D eigenvalue weighted by Gasteiger charge is -2.15. The van der Waals surface area contributed by atoms with E-state index in [0.717, 1.165) is 17.4 Å². The molecule has 1 aromatic heterocycles. The molecule has 1 aromatic carbocycles. The predicted molar refractivity (Wildman–Crippen MR) is 77.9 cm³/mol. The molecule has 1 N–H and O–H groups in total. The van der Waals surface area contributed by atoms with Crippen LogP contribution in [0.1, 0.15) is 33.6 Å². The summed E-state index contributed by atoms with van der Waals surface area (Å²) in [6.07, 6.45) is 2.43. The van der Waals surface area contributed by atoms with Gasteiger partial charge >= 0.3 is 0 Å². The lowest BCUT2D eigenvalue weighted by molar-refractivity contribution is 0.525. The largest absolute Gasteiger partial charge is 0.353 e. The van der Waals surface area contributed by atoms with Crippen molar-refractivity contribution < 1.29 is 0 Å². The van der Waals surface area contributed by atoms with E-state index in [0.29, 0.717) is 6.04 Å². The summed E-state index contributed by atoms with van der Waals surface area (Å²) in [5, 5.41) is 3.51. The molecule has 0 aliphatic rings. The van der Waals surface area contributed by atoms with E-state index in [1.54, 1.807) is 0 Å². The smallest absolute Gasteiger partial charge is 0.203 e. The summed E-state index contributed by atoms with van der Waals surface area (Å²) >= 11 is 0. The molecule has 1 atom stereocenters. The Morgan fingerprint density at radius 3 is 2.56 bits per heavy atom. The molecular weight excluding hydrogens is 222 g/mol. The van der Waals surface area contributed by atoms with E-state index in [4.69, 9.17) is 0 Å². The fraction of sp³-hybridized carbons (Fsp3) is 0.533. The third-order valence-corrected chi connectivity index (χ3v) is 3.34. The Balaban J connectivity index is 2.09. The molecule has 2 rings (SSSR count). The molecule has 98 valence electrons. The quantitative estimate of drug-likeness (QED) is 0.868. The van der Waals surface area contributed by atoms with E-state index in [2.05, 4.69) is 60.9 Å². The lowest BCUT2D eigenvalue weighted by Crippen LogP contribution is -2.18. The molecule has 18 heavy (non-hydrogen) atoms. The summed E-state index contributed by atoms with van der Waals surface area (Å²) in [5.74, 6) is 1.72. The molecule has 0 radical (unpaired) electrons. The number of fused-ring (bicyclic) bond motifs is 1. The Labute approximate surface area is 109 Å². The average molecular weight is 245 g/mol. The number of anilines is 1. The van der Waals surface area contributed by atoms with Crippen molar-refractivity contribution in [3.8, 4) is 0 Å². The zero-order chi connectivity index (χ0) is 13.1. The molecule has 0 aliphatic carbocycles. The van der Waals surface area contributed by atoms with Crippen LogP contribution in [0.4, 0.5) is 5.95 Å². The van der Waals surface area contributed by atoms with Crippen LogP contribution in [0.25, 0.3) is 11.0 Å². The van der Waals surface area contributed by atoms with Gasteiger partial charge in [0, 0.05) is 13.1 Å². The van der Waals surface area contributed by atoms with Crippen LogP contribution in [0.2, 0.25) is 0 Å². The third-order valence-electron chi connectivity index (χ3n) is 3.34. The normalized spacial score (nSPS) is 13.2. The van der Waals surface area contributed by atoms with Crippen molar-refractivity contribution in [3.63, 3.8) is 0 Å². The van der Waals surface area contributed by atoms with Gasteiger partial charge < -0.3 is 9.88 Å². The minimum atomic E-state index is 0.461. The molecule has 1 heterocycles. The van der Waals surface area contributed by atoms with Crippen molar-refractivity contribution in [3.05, 3.63) is 24.3 Å². The number of aryl methyl sites for hydroxylation is 1. The number of nitrogens with one attached hydrogen (secondary N) is 1. The lowest BCUT2D eigenvalue weighted by atomic mass is 10.0. The molecule has 0 saturated carbocycles. The van der Waals surface area contributed by atoms with Gasteiger partial charge in [-0.05, 0) is 37.8 Å². The van der Waals surface area contributed by atoms with Gasteiger partial charge in [0.15, 0.2) is 0 Å². The van der Waals surface area contributed by atoms with Gasteiger partial charge in [-0.3, -0.25) is 0 Å². The molecule has 3 nitrogen and oxygen atoms in total.